The number of carboxylic acid groups (broad SMARTS) is 1. The summed E-state index contributed by atoms with van der Waals surface area (Å²) in [5.41, 5.74) is 4.62. The lowest BCUT2D eigenvalue weighted by Gasteiger charge is -2.42. The Bertz CT molecular complexity index is 1380. The molecule has 0 bridgehead atoms. The molecule has 1 aliphatic heterocycles. The number of ether oxygens (including phenoxy) is 1. The predicted molar refractivity (Wildman–Crippen MR) is 157 cm³/mol. The number of carbonyl (C=O) groups is 1. The first-order chi connectivity index (χ1) is 18.9. The van der Waals surface area contributed by atoms with Crippen LogP contribution in [0.5, 0.6) is 5.75 Å². The van der Waals surface area contributed by atoms with Crippen LogP contribution in [0.2, 0.25) is 0 Å². The molecule has 0 saturated carbocycles. The largest absolute Gasteiger partial charge is 0.487 e. The van der Waals surface area contributed by atoms with E-state index in [4.69, 9.17) is 4.74 Å². The van der Waals surface area contributed by atoms with Crippen LogP contribution in [0.15, 0.2) is 59.5 Å². The third kappa shape index (κ3) is 6.67. The number of hydrogen-bond acceptors (Lipinski definition) is 6. The summed E-state index contributed by atoms with van der Waals surface area (Å²) in [5.74, 6) is -1.27. The van der Waals surface area contributed by atoms with Gasteiger partial charge >= 0.3 is 5.97 Å². The number of benzene rings is 3. The molecular weight excluding hydrogens is 531 g/mol. The first kappa shape index (κ1) is 30.0. The molecule has 0 aromatic heterocycles. The molecule has 1 aliphatic rings. The van der Waals surface area contributed by atoms with E-state index in [9.17, 15) is 23.4 Å². The van der Waals surface area contributed by atoms with Crippen molar-refractivity contribution in [1.82, 2.24) is 9.21 Å². The van der Waals surface area contributed by atoms with Gasteiger partial charge in [-0.15, -0.1) is 10.8 Å². The molecule has 0 saturated heterocycles. The third-order valence-corrected chi connectivity index (χ3v) is 9.36. The van der Waals surface area contributed by atoms with Crippen molar-refractivity contribution in [3.8, 4) is 5.75 Å². The van der Waals surface area contributed by atoms with E-state index in [1.165, 1.54) is 6.07 Å². The van der Waals surface area contributed by atoms with E-state index in [2.05, 4.69) is 0 Å². The Morgan fingerprint density at radius 2 is 1.82 bits per heavy atom. The van der Waals surface area contributed by atoms with Gasteiger partial charge < -0.3 is 14.7 Å². The van der Waals surface area contributed by atoms with E-state index in [0.29, 0.717) is 41.3 Å². The van der Waals surface area contributed by atoms with Crippen LogP contribution >= 0.6 is 10.8 Å². The highest BCUT2D eigenvalue weighted by atomic mass is 32.3. The minimum absolute atomic E-state index is 0.154. The van der Waals surface area contributed by atoms with Gasteiger partial charge in [-0.2, -0.15) is 4.31 Å². The Morgan fingerprint density at radius 1 is 1.10 bits per heavy atom. The highest BCUT2D eigenvalue weighted by Crippen LogP contribution is 2.57. The maximum atomic E-state index is 14.8. The Kier molecular flexibility index (Phi) is 9.22. The average molecular weight is 571 g/mol. The van der Waals surface area contributed by atoms with Crippen molar-refractivity contribution in [1.29, 1.82) is 0 Å². The molecular formula is C31H39FN2O5S. The molecule has 0 amide bonds. The summed E-state index contributed by atoms with van der Waals surface area (Å²) in [7, 11) is 0.526. The van der Waals surface area contributed by atoms with E-state index < -0.39 is 22.7 Å². The van der Waals surface area contributed by atoms with Gasteiger partial charge in [-0.05, 0) is 92.9 Å². The molecule has 0 fully saturated rings. The van der Waals surface area contributed by atoms with Crippen molar-refractivity contribution in [2.24, 2.45) is 0 Å². The van der Waals surface area contributed by atoms with Crippen LogP contribution in [0.25, 0.3) is 0 Å². The van der Waals surface area contributed by atoms with Gasteiger partial charge in [-0.25, -0.2) is 4.39 Å². The zero-order chi connectivity index (χ0) is 29.2. The van der Waals surface area contributed by atoms with Gasteiger partial charge in [0.1, 0.15) is 22.6 Å². The fourth-order valence-electron chi connectivity index (χ4n) is 5.21. The third-order valence-electron chi connectivity index (χ3n) is 7.43. The predicted octanol–water partition coefficient (Wildman–Crippen LogP) is 6.46. The van der Waals surface area contributed by atoms with E-state index in [1.54, 1.807) is 28.6 Å². The van der Waals surface area contributed by atoms with Crippen molar-refractivity contribution < 1.29 is 28.1 Å². The molecule has 40 heavy (non-hydrogen) atoms. The second-order valence-corrected chi connectivity index (χ2v) is 12.9. The van der Waals surface area contributed by atoms with Crippen molar-refractivity contribution in [2.45, 2.75) is 57.1 Å². The average Bonchev–Trinajstić information content (AvgIpc) is 2.96. The maximum absolute atomic E-state index is 14.8. The van der Waals surface area contributed by atoms with Crippen molar-refractivity contribution in [3.63, 3.8) is 0 Å². The van der Waals surface area contributed by atoms with Gasteiger partial charge in [0.2, 0.25) is 0 Å². The molecule has 216 valence electrons. The molecule has 3 N–H and O–H groups in total. The number of para-hydroxylation sites is 1. The maximum Gasteiger partial charge on any atom is 0.304 e. The first-order valence-corrected chi connectivity index (χ1v) is 14.9. The topological polar surface area (TPSA) is 93.5 Å². The van der Waals surface area contributed by atoms with Crippen LogP contribution in [-0.4, -0.2) is 62.7 Å². The number of aliphatic carboxylic acids is 1. The summed E-state index contributed by atoms with van der Waals surface area (Å²) >= 11 is 0. The smallest absolute Gasteiger partial charge is 0.304 e. The molecule has 0 radical (unpaired) electrons. The lowest BCUT2D eigenvalue weighted by atomic mass is 9.83. The molecule has 0 aliphatic carbocycles. The van der Waals surface area contributed by atoms with E-state index in [1.807, 2.05) is 64.0 Å². The van der Waals surface area contributed by atoms with E-state index in [-0.39, 0.29) is 24.9 Å². The molecule has 1 heterocycles. The standard InChI is InChI=1S/C31H39FN2O5S/c1-20-10-11-23(27(17-31(35)36)26-16-24(12-13-33(4)5)28(32)14-21(26)2)15-25(20)19-34-18-22(3)39-29-8-6-7-9-30(29)40(34,37)38/h6-11,14-16,22,27,37-38H,12-13,17-19H2,1-5H3,(H,35,36)/t22-,27?/m1/s1. The lowest BCUT2D eigenvalue weighted by molar-refractivity contribution is -0.137. The van der Waals surface area contributed by atoms with Gasteiger partial charge in [0.25, 0.3) is 0 Å². The lowest BCUT2D eigenvalue weighted by Crippen LogP contribution is -2.33. The van der Waals surface area contributed by atoms with Crippen LogP contribution in [0, 0.1) is 19.7 Å². The van der Waals surface area contributed by atoms with E-state index in [0.717, 1.165) is 22.3 Å². The number of likely N-dealkylation sites (N-methyl/N-ethyl adjacent to an activating group) is 1. The molecule has 3 aromatic carbocycles. The summed E-state index contributed by atoms with van der Waals surface area (Å²) in [6, 6.07) is 16.1. The van der Waals surface area contributed by atoms with Gasteiger partial charge in [0.15, 0.2) is 0 Å². The molecule has 7 nitrogen and oxygen atoms in total. The van der Waals surface area contributed by atoms with Crippen molar-refractivity contribution in [2.75, 3.05) is 27.2 Å². The molecule has 2 atom stereocenters. The second kappa shape index (κ2) is 12.3. The number of aryl methyl sites for hydroxylation is 2. The van der Waals surface area contributed by atoms with Gasteiger partial charge in [0.05, 0.1) is 13.0 Å². The van der Waals surface area contributed by atoms with Crippen LogP contribution in [0.4, 0.5) is 4.39 Å². The fourth-order valence-corrected chi connectivity index (χ4v) is 6.87. The summed E-state index contributed by atoms with van der Waals surface area (Å²) in [6.07, 6.45) is 0.0827. The quantitative estimate of drug-likeness (QED) is 0.272. The summed E-state index contributed by atoms with van der Waals surface area (Å²) in [5, 5.41) is 9.84. The normalized spacial score (nSPS) is 18.5. The summed E-state index contributed by atoms with van der Waals surface area (Å²) in [4.78, 5) is 14.3. The van der Waals surface area contributed by atoms with Crippen LogP contribution in [0.3, 0.4) is 0 Å². The Balaban J connectivity index is 1.73. The summed E-state index contributed by atoms with van der Waals surface area (Å²) in [6.45, 7) is 6.85. The Hall–Kier alpha value is -2.95. The highest BCUT2D eigenvalue weighted by Gasteiger charge is 2.34. The second-order valence-electron chi connectivity index (χ2n) is 10.9. The first-order valence-electron chi connectivity index (χ1n) is 13.4. The van der Waals surface area contributed by atoms with Crippen LogP contribution < -0.4 is 4.74 Å². The molecule has 0 spiro atoms. The summed E-state index contributed by atoms with van der Waals surface area (Å²) < 4.78 is 45.2. The number of nitrogens with zero attached hydrogens (tertiary/aromatic N) is 2. The van der Waals surface area contributed by atoms with Gasteiger partial charge in [0, 0.05) is 19.0 Å². The van der Waals surface area contributed by atoms with Gasteiger partial charge in [-0.3, -0.25) is 13.9 Å². The SMILES string of the molecule is Cc1ccc(C(CC(=O)O)c2cc(CCN(C)C)c(F)cc2C)cc1CN1C[C@@H](C)Oc2ccccc2S1(O)O. The number of hydrogen-bond donors (Lipinski definition) is 3. The number of fused-ring (bicyclic) bond motifs is 1. The Morgan fingerprint density at radius 3 is 2.52 bits per heavy atom. The van der Waals surface area contributed by atoms with E-state index >= 15 is 0 Å². The van der Waals surface area contributed by atoms with Gasteiger partial charge in [-0.1, -0.05) is 36.4 Å². The molecule has 1 unspecified atom stereocenters. The molecule has 9 heteroatoms. The Labute approximate surface area is 237 Å². The molecule has 4 rings (SSSR count). The highest BCUT2D eigenvalue weighted by molar-refractivity contribution is 8.22. The van der Waals surface area contributed by atoms with Crippen molar-refractivity contribution in [3.05, 3.63) is 93.8 Å². The van der Waals surface area contributed by atoms with Crippen LogP contribution in [-0.2, 0) is 17.8 Å². The number of rotatable bonds is 9. The van der Waals surface area contributed by atoms with Crippen LogP contribution in [0.1, 0.15) is 52.6 Å². The minimum atomic E-state index is -3.33. The number of halogens is 1. The van der Waals surface area contributed by atoms with Crippen molar-refractivity contribution >= 4 is 16.7 Å². The minimum Gasteiger partial charge on any atom is -0.487 e. The zero-order valence-electron chi connectivity index (χ0n) is 23.7. The molecule has 3 aromatic rings. The number of carboxylic acids is 1. The zero-order valence-corrected chi connectivity index (χ0v) is 24.5. The fraction of sp³-hybridized carbons (Fsp3) is 0.387. The monoisotopic (exact) mass is 570 g/mol.